The molecule has 1 heterocycles. The van der Waals surface area contributed by atoms with Crippen LogP contribution in [0, 0.1) is 5.92 Å². The highest BCUT2D eigenvalue weighted by Crippen LogP contribution is 2.26. The Morgan fingerprint density at radius 1 is 1.33 bits per heavy atom. The van der Waals surface area contributed by atoms with Gasteiger partial charge in [0.25, 0.3) is 0 Å². The van der Waals surface area contributed by atoms with E-state index in [4.69, 9.17) is 9.47 Å². The summed E-state index contributed by atoms with van der Waals surface area (Å²) in [7, 11) is 0. The summed E-state index contributed by atoms with van der Waals surface area (Å²) in [6, 6.07) is 7.98. The van der Waals surface area contributed by atoms with Gasteiger partial charge in [-0.25, -0.2) is 4.79 Å². The maximum absolute atomic E-state index is 12.2. The van der Waals surface area contributed by atoms with E-state index in [1.54, 1.807) is 4.90 Å². The second-order valence-electron chi connectivity index (χ2n) is 7.71. The highest BCUT2D eigenvalue weighted by molar-refractivity contribution is 5.68. The monoisotopic (exact) mass is 335 g/mol. The summed E-state index contributed by atoms with van der Waals surface area (Å²) in [4.78, 5) is 13.8. The number of carbonyl (C=O) groups excluding carboxylic acids is 1. The number of ether oxygens (including phenoxy) is 2. The summed E-state index contributed by atoms with van der Waals surface area (Å²) >= 11 is 0. The third-order valence-electron chi connectivity index (χ3n) is 4.08. The fraction of sp³-hybridized carbons (Fsp3) is 0.632. The van der Waals surface area contributed by atoms with E-state index in [9.17, 15) is 9.90 Å². The van der Waals surface area contributed by atoms with Crippen LogP contribution in [0.3, 0.4) is 0 Å². The number of amides is 1. The molecule has 1 N–H and O–H groups in total. The molecule has 5 heteroatoms. The third-order valence-corrected chi connectivity index (χ3v) is 4.08. The van der Waals surface area contributed by atoms with Gasteiger partial charge in [-0.2, -0.15) is 0 Å². The van der Waals surface area contributed by atoms with Gasteiger partial charge in [0.2, 0.25) is 0 Å². The number of benzene rings is 1. The lowest BCUT2D eigenvalue weighted by atomic mass is 10.0. The van der Waals surface area contributed by atoms with E-state index in [1.807, 2.05) is 39.0 Å². The van der Waals surface area contributed by atoms with Crippen LogP contribution in [0.25, 0.3) is 0 Å². The van der Waals surface area contributed by atoms with E-state index >= 15 is 0 Å². The number of aliphatic hydroxyl groups is 1. The lowest BCUT2D eigenvalue weighted by Crippen LogP contribution is -2.36. The highest BCUT2D eigenvalue weighted by Gasteiger charge is 2.38. The van der Waals surface area contributed by atoms with Gasteiger partial charge in [-0.3, -0.25) is 0 Å². The molecule has 0 aliphatic carbocycles. The second-order valence-corrected chi connectivity index (χ2v) is 7.71. The van der Waals surface area contributed by atoms with Crippen LogP contribution in [-0.4, -0.2) is 47.5 Å². The van der Waals surface area contributed by atoms with Gasteiger partial charge >= 0.3 is 6.09 Å². The highest BCUT2D eigenvalue weighted by atomic mass is 16.6. The van der Waals surface area contributed by atoms with E-state index in [2.05, 4.69) is 19.9 Å². The van der Waals surface area contributed by atoms with Crippen LogP contribution in [0.4, 0.5) is 4.79 Å². The molecule has 1 aliphatic heterocycles. The first-order chi connectivity index (χ1) is 11.2. The van der Waals surface area contributed by atoms with Crippen molar-refractivity contribution in [3.8, 4) is 5.75 Å². The first-order valence-corrected chi connectivity index (χ1v) is 8.55. The molecule has 1 aliphatic rings. The van der Waals surface area contributed by atoms with E-state index < -0.39 is 5.60 Å². The van der Waals surface area contributed by atoms with Gasteiger partial charge in [-0.1, -0.05) is 26.0 Å². The average molecular weight is 335 g/mol. The number of likely N-dealkylation sites (tertiary alicyclic amines) is 1. The first-order valence-electron chi connectivity index (χ1n) is 8.55. The summed E-state index contributed by atoms with van der Waals surface area (Å²) in [5, 5.41) is 9.63. The van der Waals surface area contributed by atoms with Gasteiger partial charge in [-0.15, -0.1) is 0 Å². The molecule has 0 saturated carbocycles. The molecule has 2 atom stereocenters. The van der Waals surface area contributed by atoms with Crippen molar-refractivity contribution in [3.63, 3.8) is 0 Å². The Kier molecular flexibility index (Phi) is 5.75. The summed E-state index contributed by atoms with van der Waals surface area (Å²) in [5.74, 6) is 1.08. The minimum atomic E-state index is -0.531. The van der Waals surface area contributed by atoms with Crippen LogP contribution in [0.15, 0.2) is 24.3 Å². The van der Waals surface area contributed by atoms with Gasteiger partial charge < -0.3 is 19.5 Å². The molecular formula is C19H29NO4. The topological polar surface area (TPSA) is 59.0 Å². The summed E-state index contributed by atoms with van der Waals surface area (Å²) < 4.78 is 11.5. The molecule has 2 rings (SSSR count). The number of carbonyl (C=O) groups is 1. The fourth-order valence-corrected chi connectivity index (χ4v) is 2.75. The van der Waals surface area contributed by atoms with Gasteiger partial charge in [0.05, 0.1) is 13.2 Å². The van der Waals surface area contributed by atoms with Crippen LogP contribution in [0.5, 0.6) is 5.75 Å². The van der Waals surface area contributed by atoms with E-state index in [1.165, 1.54) is 5.56 Å². The Bertz CT molecular complexity index is 565. The molecule has 1 aromatic carbocycles. The Hall–Kier alpha value is -1.75. The normalized spacial score (nSPS) is 21.2. The fourth-order valence-electron chi connectivity index (χ4n) is 2.75. The molecule has 0 spiro atoms. The summed E-state index contributed by atoms with van der Waals surface area (Å²) in [5.41, 5.74) is 0.672. The number of hydrogen-bond donors (Lipinski definition) is 1. The Balaban J connectivity index is 2.05. The molecule has 0 radical (unpaired) electrons. The molecular weight excluding hydrogens is 306 g/mol. The quantitative estimate of drug-likeness (QED) is 0.916. The van der Waals surface area contributed by atoms with Crippen molar-refractivity contribution >= 4 is 6.09 Å². The maximum atomic E-state index is 12.2. The lowest BCUT2D eigenvalue weighted by molar-refractivity contribution is 0.0274. The molecule has 1 saturated heterocycles. The second kappa shape index (κ2) is 7.43. The van der Waals surface area contributed by atoms with Gasteiger partial charge in [0.1, 0.15) is 17.5 Å². The van der Waals surface area contributed by atoms with Crippen LogP contribution < -0.4 is 4.74 Å². The van der Waals surface area contributed by atoms with Crippen molar-refractivity contribution < 1.29 is 19.4 Å². The molecule has 134 valence electrons. The van der Waals surface area contributed by atoms with E-state index in [-0.39, 0.29) is 24.7 Å². The SMILES string of the molecule is CC(C)c1cccc(OC2CN(C(=O)OC(C)(C)C)C[C@@H]2CO)c1. The van der Waals surface area contributed by atoms with Gasteiger partial charge in [0, 0.05) is 12.5 Å². The molecule has 1 fully saturated rings. The molecule has 1 aromatic rings. The summed E-state index contributed by atoms with van der Waals surface area (Å²) in [6.45, 7) is 10.6. The largest absolute Gasteiger partial charge is 0.488 e. The van der Waals surface area contributed by atoms with Crippen molar-refractivity contribution in [2.45, 2.75) is 52.2 Å². The first kappa shape index (κ1) is 18.6. The zero-order valence-corrected chi connectivity index (χ0v) is 15.3. The number of aliphatic hydroxyl groups excluding tert-OH is 1. The minimum absolute atomic E-state index is 0.0200. The van der Waals surface area contributed by atoms with Crippen molar-refractivity contribution in [2.24, 2.45) is 5.92 Å². The Labute approximate surface area is 144 Å². The maximum Gasteiger partial charge on any atom is 0.410 e. The smallest absolute Gasteiger partial charge is 0.410 e. The molecule has 5 nitrogen and oxygen atoms in total. The molecule has 0 aromatic heterocycles. The molecule has 24 heavy (non-hydrogen) atoms. The molecule has 0 bridgehead atoms. The summed E-state index contributed by atoms with van der Waals surface area (Å²) in [6.07, 6.45) is -0.590. The van der Waals surface area contributed by atoms with Crippen LogP contribution >= 0.6 is 0 Å². The Morgan fingerprint density at radius 2 is 2.04 bits per heavy atom. The Morgan fingerprint density at radius 3 is 2.62 bits per heavy atom. The number of nitrogens with zero attached hydrogens (tertiary/aromatic N) is 1. The van der Waals surface area contributed by atoms with Crippen molar-refractivity contribution in [1.82, 2.24) is 4.90 Å². The average Bonchev–Trinajstić information content (AvgIpc) is 2.89. The van der Waals surface area contributed by atoms with E-state index in [0.29, 0.717) is 19.0 Å². The van der Waals surface area contributed by atoms with E-state index in [0.717, 1.165) is 5.75 Å². The minimum Gasteiger partial charge on any atom is -0.488 e. The zero-order valence-electron chi connectivity index (χ0n) is 15.3. The van der Waals surface area contributed by atoms with Crippen molar-refractivity contribution in [1.29, 1.82) is 0 Å². The molecule has 1 unspecified atom stereocenters. The van der Waals surface area contributed by atoms with Crippen LogP contribution in [0.1, 0.15) is 46.1 Å². The van der Waals surface area contributed by atoms with Crippen molar-refractivity contribution in [2.75, 3.05) is 19.7 Å². The lowest BCUT2D eigenvalue weighted by Gasteiger charge is -2.24. The third kappa shape index (κ3) is 4.87. The van der Waals surface area contributed by atoms with Crippen LogP contribution in [-0.2, 0) is 4.74 Å². The standard InChI is InChI=1S/C19H29NO4/c1-13(2)14-7-6-8-16(9-14)23-17-11-20(10-15(17)12-21)18(22)24-19(3,4)5/h6-9,13,15,17,21H,10-12H2,1-5H3/t15-,17?/m1/s1. The number of hydrogen-bond acceptors (Lipinski definition) is 4. The van der Waals surface area contributed by atoms with Gasteiger partial charge in [-0.05, 0) is 44.4 Å². The zero-order chi connectivity index (χ0) is 17.9. The van der Waals surface area contributed by atoms with Crippen molar-refractivity contribution in [3.05, 3.63) is 29.8 Å². The molecule has 1 amide bonds. The predicted molar refractivity (Wildman–Crippen MR) is 93.3 cm³/mol. The number of rotatable bonds is 4. The van der Waals surface area contributed by atoms with Crippen LogP contribution in [0.2, 0.25) is 0 Å². The van der Waals surface area contributed by atoms with Gasteiger partial charge in [0.15, 0.2) is 0 Å². The predicted octanol–water partition coefficient (Wildman–Crippen LogP) is 3.42.